The maximum absolute atomic E-state index is 11.8. The summed E-state index contributed by atoms with van der Waals surface area (Å²) in [6.07, 6.45) is 3.54. The lowest BCUT2D eigenvalue weighted by Crippen LogP contribution is -2.06. The van der Waals surface area contributed by atoms with E-state index in [1.165, 1.54) is 18.2 Å². The van der Waals surface area contributed by atoms with Gasteiger partial charge in [-0.05, 0) is 47.9 Å². The summed E-state index contributed by atoms with van der Waals surface area (Å²) < 4.78 is 0. The van der Waals surface area contributed by atoms with E-state index in [1.54, 1.807) is 36.4 Å². The van der Waals surface area contributed by atoms with Crippen LogP contribution in [0.15, 0.2) is 48.5 Å². The zero-order valence-corrected chi connectivity index (χ0v) is 13.7. The molecule has 5 heteroatoms. The van der Waals surface area contributed by atoms with Crippen molar-refractivity contribution in [3.63, 3.8) is 0 Å². The average Bonchev–Trinajstić information content (AvgIpc) is 2.55. The van der Waals surface area contributed by atoms with Crippen molar-refractivity contribution in [2.75, 3.05) is 0 Å². The third-order valence-electron chi connectivity index (χ3n) is 3.43. The average molecular weight is 345 g/mol. The number of aryl methyl sites for hydroxylation is 1. The van der Waals surface area contributed by atoms with Crippen LogP contribution in [0.5, 0.6) is 11.5 Å². The topological polar surface area (TPSA) is 74.6 Å². The maximum Gasteiger partial charge on any atom is 0.163 e. The van der Waals surface area contributed by atoms with Crippen molar-refractivity contribution in [1.82, 2.24) is 0 Å². The van der Waals surface area contributed by atoms with Gasteiger partial charge in [0.15, 0.2) is 5.78 Å². The van der Waals surface area contributed by atoms with Gasteiger partial charge in [0.1, 0.15) is 17.3 Å². The standard InChI is InChI=1S/C19H17ClO4/c20-18-11-14(5-10-19(18)24)4-9-17(23)12-16(22)8-3-13-1-6-15(21)7-2-13/h1-2,4-7,9-11,21,24H,3,8,12H2/b9-4+. The number of allylic oxidation sites excluding steroid dienone is 1. The number of halogens is 1. The SMILES string of the molecule is O=C(/C=C/c1ccc(O)c(Cl)c1)CC(=O)CCc1ccc(O)cc1. The summed E-state index contributed by atoms with van der Waals surface area (Å²) in [5.41, 5.74) is 1.60. The molecule has 4 nitrogen and oxygen atoms in total. The first-order chi connectivity index (χ1) is 11.4. The maximum atomic E-state index is 11.8. The predicted molar refractivity (Wildman–Crippen MR) is 93.2 cm³/mol. The summed E-state index contributed by atoms with van der Waals surface area (Å²) in [6, 6.07) is 11.2. The van der Waals surface area contributed by atoms with Crippen LogP contribution in [0.2, 0.25) is 5.02 Å². The highest BCUT2D eigenvalue weighted by Crippen LogP contribution is 2.24. The number of hydrogen-bond donors (Lipinski definition) is 2. The Morgan fingerprint density at radius 3 is 2.42 bits per heavy atom. The number of carbonyl (C=O) groups excluding carboxylic acids is 2. The first-order valence-electron chi connectivity index (χ1n) is 7.43. The van der Waals surface area contributed by atoms with Crippen LogP contribution >= 0.6 is 11.6 Å². The van der Waals surface area contributed by atoms with Crippen LogP contribution in [-0.4, -0.2) is 21.8 Å². The molecule has 0 saturated heterocycles. The Morgan fingerprint density at radius 1 is 1.04 bits per heavy atom. The van der Waals surface area contributed by atoms with Crippen LogP contribution in [0.4, 0.5) is 0 Å². The monoisotopic (exact) mass is 344 g/mol. The highest BCUT2D eigenvalue weighted by atomic mass is 35.5. The fraction of sp³-hybridized carbons (Fsp3) is 0.158. The molecular weight excluding hydrogens is 328 g/mol. The van der Waals surface area contributed by atoms with Crippen LogP contribution < -0.4 is 0 Å². The molecule has 0 unspecified atom stereocenters. The molecule has 0 spiro atoms. The zero-order valence-electron chi connectivity index (χ0n) is 12.9. The van der Waals surface area contributed by atoms with Crippen molar-refractivity contribution in [3.05, 3.63) is 64.7 Å². The number of rotatable bonds is 7. The van der Waals surface area contributed by atoms with Gasteiger partial charge in [0, 0.05) is 6.42 Å². The zero-order chi connectivity index (χ0) is 17.5. The molecule has 0 fully saturated rings. The van der Waals surface area contributed by atoms with Gasteiger partial charge < -0.3 is 10.2 Å². The molecule has 0 radical (unpaired) electrons. The normalized spacial score (nSPS) is 10.9. The van der Waals surface area contributed by atoms with Crippen molar-refractivity contribution >= 4 is 29.2 Å². The molecule has 2 aromatic carbocycles. The molecule has 0 amide bonds. The van der Waals surface area contributed by atoms with E-state index in [-0.39, 0.29) is 40.9 Å². The molecule has 2 aromatic rings. The minimum absolute atomic E-state index is 0.0236. The number of Topliss-reactive ketones (excluding diaryl/α,β-unsaturated/α-hetero) is 1. The first-order valence-corrected chi connectivity index (χ1v) is 7.81. The fourth-order valence-electron chi connectivity index (χ4n) is 2.10. The molecule has 0 atom stereocenters. The molecule has 0 aliphatic carbocycles. The quantitative estimate of drug-likeness (QED) is 0.589. The van der Waals surface area contributed by atoms with Crippen molar-refractivity contribution in [2.24, 2.45) is 0 Å². The second-order valence-electron chi connectivity index (χ2n) is 5.39. The van der Waals surface area contributed by atoms with E-state index in [9.17, 15) is 19.8 Å². The first kappa shape index (κ1) is 17.8. The molecule has 0 aliphatic rings. The fourth-order valence-corrected chi connectivity index (χ4v) is 2.29. The lowest BCUT2D eigenvalue weighted by molar-refractivity contribution is -0.124. The van der Waals surface area contributed by atoms with Crippen LogP contribution in [-0.2, 0) is 16.0 Å². The van der Waals surface area contributed by atoms with Gasteiger partial charge in [-0.2, -0.15) is 0 Å². The number of carbonyl (C=O) groups is 2. The molecule has 0 heterocycles. The third-order valence-corrected chi connectivity index (χ3v) is 3.74. The lowest BCUT2D eigenvalue weighted by Gasteiger charge is -2.01. The Balaban J connectivity index is 1.82. The van der Waals surface area contributed by atoms with E-state index >= 15 is 0 Å². The smallest absolute Gasteiger partial charge is 0.163 e. The van der Waals surface area contributed by atoms with Gasteiger partial charge in [0.25, 0.3) is 0 Å². The van der Waals surface area contributed by atoms with Crippen LogP contribution in [0, 0.1) is 0 Å². The summed E-state index contributed by atoms with van der Waals surface area (Å²) in [5, 5.41) is 18.7. The van der Waals surface area contributed by atoms with Gasteiger partial charge >= 0.3 is 0 Å². The Hall–Kier alpha value is -2.59. The van der Waals surface area contributed by atoms with E-state index in [0.717, 1.165) is 5.56 Å². The van der Waals surface area contributed by atoms with Crippen LogP contribution in [0.25, 0.3) is 6.08 Å². The Labute approximate surface area is 145 Å². The molecule has 0 aromatic heterocycles. The van der Waals surface area contributed by atoms with Crippen molar-refractivity contribution in [3.8, 4) is 11.5 Å². The van der Waals surface area contributed by atoms with Gasteiger partial charge in [0.2, 0.25) is 0 Å². The Morgan fingerprint density at radius 2 is 1.75 bits per heavy atom. The molecule has 2 rings (SSSR count). The number of aromatic hydroxyl groups is 2. The number of benzene rings is 2. The summed E-state index contributed by atoms with van der Waals surface area (Å²) >= 11 is 5.78. The highest BCUT2D eigenvalue weighted by Gasteiger charge is 2.08. The second kappa shape index (κ2) is 8.31. The van der Waals surface area contributed by atoms with Crippen molar-refractivity contribution in [2.45, 2.75) is 19.3 Å². The highest BCUT2D eigenvalue weighted by molar-refractivity contribution is 6.32. The van der Waals surface area contributed by atoms with Gasteiger partial charge in [0.05, 0.1) is 11.4 Å². The second-order valence-corrected chi connectivity index (χ2v) is 5.80. The molecule has 2 N–H and O–H groups in total. The number of ketones is 2. The summed E-state index contributed by atoms with van der Waals surface area (Å²) in [5.74, 6) is -0.263. The minimum atomic E-state index is -0.282. The van der Waals surface area contributed by atoms with Gasteiger partial charge in [-0.15, -0.1) is 0 Å². The van der Waals surface area contributed by atoms with Crippen molar-refractivity contribution < 1.29 is 19.8 Å². The largest absolute Gasteiger partial charge is 0.508 e. The molecule has 124 valence electrons. The lowest BCUT2D eigenvalue weighted by atomic mass is 10.0. The molecule has 24 heavy (non-hydrogen) atoms. The summed E-state index contributed by atoms with van der Waals surface area (Å²) in [4.78, 5) is 23.7. The molecule has 0 bridgehead atoms. The number of phenolic OH excluding ortho intramolecular Hbond substituents is 2. The van der Waals surface area contributed by atoms with E-state index in [4.69, 9.17) is 11.6 Å². The Bertz CT molecular complexity index is 763. The minimum Gasteiger partial charge on any atom is -0.508 e. The summed E-state index contributed by atoms with van der Waals surface area (Å²) in [7, 11) is 0. The van der Waals surface area contributed by atoms with Gasteiger partial charge in [-0.3, -0.25) is 9.59 Å². The molecule has 0 saturated carbocycles. The van der Waals surface area contributed by atoms with Crippen LogP contribution in [0.1, 0.15) is 24.0 Å². The van der Waals surface area contributed by atoms with E-state index < -0.39 is 0 Å². The van der Waals surface area contributed by atoms with Gasteiger partial charge in [-0.1, -0.05) is 35.9 Å². The van der Waals surface area contributed by atoms with E-state index in [2.05, 4.69) is 0 Å². The summed E-state index contributed by atoms with van der Waals surface area (Å²) in [6.45, 7) is 0. The van der Waals surface area contributed by atoms with E-state index in [0.29, 0.717) is 12.0 Å². The van der Waals surface area contributed by atoms with Gasteiger partial charge in [-0.25, -0.2) is 0 Å². The number of hydrogen-bond acceptors (Lipinski definition) is 4. The van der Waals surface area contributed by atoms with E-state index in [1.807, 2.05) is 0 Å². The number of phenols is 2. The predicted octanol–water partition coefficient (Wildman–Crippen LogP) is 3.93. The van der Waals surface area contributed by atoms with Crippen molar-refractivity contribution in [1.29, 1.82) is 0 Å². The third kappa shape index (κ3) is 5.56. The van der Waals surface area contributed by atoms with Crippen LogP contribution in [0.3, 0.4) is 0 Å². The Kier molecular flexibility index (Phi) is 6.15. The molecular formula is C19H17ClO4. The molecule has 0 aliphatic heterocycles.